The van der Waals surface area contributed by atoms with Gasteiger partial charge in [-0.25, -0.2) is 0 Å². The lowest BCUT2D eigenvalue weighted by Crippen LogP contribution is -2.51. The van der Waals surface area contributed by atoms with Gasteiger partial charge in [0.05, 0.1) is 18.8 Å². The minimum Gasteiger partial charge on any atom is -0.379 e. The van der Waals surface area contributed by atoms with Crippen molar-refractivity contribution in [1.82, 2.24) is 10.2 Å². The van der Waals surface area contributed by atoms with Crippen LogP contribution in [0.3, 0.4) is 0 Å². The van der Waals surface area contributed by atoms with E-state index < -0.39 is 0 Å². The number of rotatable bonds is 7. The van der Waals surface area contributed by atoms with Gasteiger partial charge < -0.3 is 10.1 Å². The summed E-state index contributed by atoms with van der Waals surface area (Å²) in [4.78, 5) is 28.1. The molecule has 1 fully saturated rings. The number of nitrogens with one attached hydrogen (secondary N) is 1. The Morgan fingerprint density at radius 2 is 1.57 bits per heavy atom. The molecule has 2 aromatic carbocycles. The second-order valence-electron chi connectivity index (χ2n) is 7.41. The Hall–Kier alpha value is -2.50. The molecule has 1 saturated heterocycles. The largest absolute Gasteiger partial charge is 0.379 e. The van der Waals surface area contributed by atoms with Crippen LogP contribution in [-0.4, -0.2) is 55.5 Å². The molecule has 1 N–H and O–H groups in total. The number of morpholine rings is 1. The number of hydrogen-bond acceptors (Lipinski definition) is 4. The molecular formula is C23H28N2O3. The van der Waals surface area contributed by atoms with Gasteiger partial charge in [0, 0.05) is 36.8 Å². The maximum absolute atomic E-state index is 12.9. The molecule has 3 rings (SSSR count). The summed E-state index contributed by atoms with van der Waals surface area (Å²) in [6.07, 6.45) is 0. The highest BCUT2D eigenvalue weighted by Crippen LogP contribution is 2.16. The monoisotopic (exact) mass is 380 g/mol. The summed E-state index contributed by atoms with van der Waals surface area (Å²) in [6, 6.07) is 16.3. The van der Waals surface area contributed by atoms with E-state index in [2.05, 4.69) is 24.1 Å². The van der Waals surface area contributed by atoms with Crippen LogP contribution < -0.4 is 5.32 Å². The molecule has 1 aliphatic heterocycles. The lowest BCUT2D eigenvalue weighted by molar-refractivity contribution is 0.00672. The van der Waals surface area contributed by atoms with Gasteiger partial charge in [0.15, 0.2) is 5.78 Å². The summed E-state index contributed by atoms with van der Waals surface area (Å²) in [7, 11) is 0. The minimum absolute atomic E-state index is 0.139. The Bertz CT molecular complexity index is 799. The molecule has 148 valence electrons. The van der Waals surface area contributed by atoms with Crippen LogP contribution in [0.4, 0.5) is 0 Å². The Labute approximate surface area is 166 Å². The highest BCUT2D eigenvalue weighted by atomic mass is 16.5. The van der Waals surface area contributed by atoms with Gasteiger partial charge in [0.1, 0.15) is 0 Å². The molecule has 0 radical (unpaired) electrons. The van der Waals surface area contributed by atoms with Crippen molar-refractivity contribution in [2.75, 3.05) is 32.8 Å². The molecule has 5 nitrogen and oxygen atoms in total. The molecule has 28 heavy (non-hydrogen) atoms. The maximum atomic E-state index is 12.9. The average molecular weight is 380 g/mol. The highest BCUT2D eigenvalue weighted by molar-refractivity contribution is 6.15. The van der Waals surface area contributed by atoms with Crippen LogP contribution in [0.25, 0.3) is 0 Å². The van der Waals surface area contributed by atoms with Gasteiger partial charge in [-0.2, -0.15) is 0 Å². The molecule has 0 bridgehead atoms. The molecule has 1 aliphatic rings. The van der Waals surface area contributed by atoms with Gasteiger partial charge in [-0.15, -0.1) is 0 Å². The van der Waals surface area contributed by atoms with Crippen molar-refractivity contribution in [2.24, 2.45) is 5.92 Å². The summed E-state index contributed by atoms with van der Waals surface area (Å²) in [5, 5.41) is 3.05. The van der Waals surface area contributed by atoms with E-state index in [1.165, 1.54) is 0 Å². The molecule has 0 unspecified atom stereocenters. The van der Waals surface area contributed by atoms with E-state index >= 15 is 0 Å². The normalized spacial score (nSPS) is 16.0. The number of carbonyl (C=O) groups excluding carboxylic acids is 2. The van der Waals surface area contributed by atoms with Gasteiger partial charge in [0.25, 0.3) is 5.91 Å². The Balaban J connectivity index is 1.73. The van der Waals surface area contributed by atoms with E-state index in [1.807, 2.05) is 18.2 Å². The lowest BCUT2D eigenvalue weighted by Gasteiger charge is -2.37. The number of benzene rings is 2. The van der Waals surface area contributed by atoms with Gasteiger partial charge in [-0.3, -0.25) is 14.5 Å². The van der Waals surface area contributed by atoms with Crippen molar-refractivity contribution in [3.05, 3.63) is 71.3 Å². The first-order valence-corrected chi connectivity index (χ1v) is 9.86. The predicted octanol–water partition coefficient (Wildman–Crippen LogP) is 3.00. The highest BCUT2D eigenvalue weighted by Gasteiger charge is 2.25. The van der Waals surface area contributed by atoms with Crippen molar-refractivity contribution in [1.29, 1.82) is 0 Å². The van der Waals surface area contributed by atoms with Crippen molar-refractivity contribution in [3.63, 3.8) is 0 Å². The van der Waals surface area contributed by atoms with Gasteiger partial charge in [-0.05, 0) is 12.0 Å². The molecule has 1 heterocycles. The molecule has 5 heteroatoms. The van der Waals surface area contributed by atoms with Crippen molar-refractivity contribution >= 4 is 11.7 Å². The van der Waals surface area contributed by atoms with Gasteiger partial charge >= 0.3 is 0 Å². The van der Waals surface area contributed by atoms with Crippen LogP contribution in [0.2, 0.25) is 0 Å². The van der Waals surface area contributed by atoms with E-state index in [0.717, 1.165) is 26.3 Å². The third-order valence-electron chi connectivity index (χ3n) is 5.21. The summed E-state index contributed by atoms with van der Waals surface area (Å²) in [5.74, 6) is 0.0540. The minimum atomic E-state index is -0.209. The summed E-state index contributed by atoms with van der Waals surface area (Å²) in [5.41, 5.74) is 1.43. The van der Waals surface area contributed by atoms with E-state index in [4.69, 9.17) is 4.74 Å². The average Bonchev–Trinajstić information content (AvgIpc) is 2.74. The Morgan fingerprint density at radius 3 is 2.21 bits per heavy atom. The van der Waals surface area contributed by atoms with E-state index in [-0.39, 0.29) is 17.7 Å². The van der Waals surface area contributed by atoms with Crippen LogP contribution in [0.5, 0.6) is 0 Å². The van der Waals surface area contributed by atoms with Gasteiger partial charge in [-0.1, -0.05) is 62.4 Å². The first-order chi connectivity index (χ1) is 13.6. The van der Waals surface area contributed by atoms with Crippen LogP contribution in [0, 0.1) is 5.92 Å². The number of carbonyl (C=O) groups is 2. The topological polar surface area (TPSA) is 58.6 Å². The number of nitrogens with zero attached hydrogens (tertiary/aromatic N) is 1. The fourth-order valence-electron chi connectivity index (χ4n) is 3.61. The van der Waals surface area contributed by atoms with Crippen LogP contribution >= 0.6 is 0 Å². The van der Waals surface area contributed by atoms with E-state index in [9.17, 15) is 9.59 Å². The second kappa shape index (κ2) is 9.62. The first-order valence-electron chi connectivity index (χ1n) is 9.86. The van der Waals surface area contributed by atoms with Crippen LogP contribution in [0.15, 0.2) is 54.6 Å². The zero-order chi connectivity index (χ0) is 19.9. The predicted molar refractivity (Wildman–Crippen MR) is 110 cm³/mol. The lowest BCUT2D eigenvalue weighted by atomic mass is 9.97. The molecule has 0 aliphatic carbocycles. The van der Waals surface area contributed by atoms with Crippen LogP contribution in [-0.2, 0) is 4.74 Å². The van der Waals surface area contributed by atoms with Crippen molar-refractivity contribution in [2.45, 2.75) is 19.9 Å². The zero-order valence-corrected chi connectivity index (χ0v) is 16.6. The first kappa shape index (κ1) is 20.2. The molecule has 1 amide bonds. The molecule has 0 aromatic heterocycles. The van der Waals surface area contributed by atoms with E-state index in [1.54, 1.807) is 36.4 Å². The third-order valence-corrected chi connectivity index (χ3v) is 5.21. The number of amides is 1. The van der Waals surface area contributed by atoms with Gasteiger partial charge in [0.2, 0.25) is 0 Å². The Morgan fingerprint density at radius 1 is 0.964 bits per heavy atom. The zero-order valence-electron chi connectivity index (χ0n) is 16.6. The number of hydrogen-bond donors (Lipinski definition) is 1. The number of ether oxygens (including phenoxy) is 1. The maximum Gasteiger partial charge on any atom is 0.252 e. The molecule has 0 spiro atoms. The molecule has 0 saturated carbocycles. The quantitative estimate of drug-likeness (QED) is 0.750. The van der Waals surface area contributed by atoms with E-state index in [0.29, 0.717) is 29.2 Å². The fourth-order valence-corrected chi connectivity index (χ4v) is 3.61. The SMILES string of the molecule is CC(C)[C@H](CNC(=O)c1ccccc1C(=O)c1ccccc1)N1CCOCC1. The molecule has 1 atom stereocenters. The van der Waals surface area contributed by atoms with Crippen molar-refractivity contribution < 1.29 is 14.3 Å². The van der Waals surface area contributed by atoms with Crippen molar-refractivity contribution in [3.8, 4) is 0 Å². The summed E-state index contributed by atoms with van der Waals surface area (Å²) >= 11 is 0. The second-order valence-corrected chi connectivity index (χ2v) is 7.41. The summed E-state index contributed by atoms with van der Waals surface area (Å²) in [6.45, 7) is 8.09. The standard InChI is InChI=1S/C23H28N2O3/c1-17(2)21(25-12-14-28-15-13-25)16-24-23(27)20-11-7-6-10-19(20)22(26)18-8-4-3-5-9-18/h3-11,17,21H,12-16H2,1-2H3,(H,24,27)/t21-/m0/s1. The fraction of sp³-hybridized carbons (Fsp3) is 0.391. The summed E-state index contributed by atoms with van der Waals surface area (Å²) < 4.78 is 5.44. The molecule has 2 aromatic rings. The number of ketones is 1. The van der Waals surface area contributed by atoms with Crippen LogP contribution in [0.1, 0.15) is 40.1 Å². The smallest absolute Gasteiger partial charge is 0.252 e. The molecular weight excluding hydrogens is 352 g/mol. The third kappa shape index (κ3) is 4.86. The Kier molecular flexibility index (Phi) is 6.95.